The predicted octanol–water partition coefficient (Wildman–Crippen LogP) is 2.24. The minimum atomic E-state index is -4.20. The molecular weight excluding hydrogens is 314 g/mol. The first-order valence-electron chi connectivity index (χ1n) is 6.85. The highest BCUT2D eigenvalue weighted by Gasteiger charge is 2.12. The van der Waals surface area contributed by atoms with E-state index in [0.717, 1.165) is 16.5 Å². The summed E-state index contributed by atoms with van der Waals surface area (Å²) in [6.07, 6.45) is 0.409. The van der Waals surface area contributed by atoms with E-state index in [0.29, 0.717) is 23.5 Å². The molecule has 118 valence electrons. The fourth-order valence-electron chi connectivity index (χ4n) is 2.41. The lowest BCUT2D eigenvalue weighted by molar-refractivity contribution is 0.483. The van der Waals surface area contributed by atoms with Crippen LogP contribution in [-0.2, 0) is 16.5 Å². The number of para-hydroxylation sites is 1. The molecule has 0 saturated heterocycles. The van der Waals surface area contributed by atoms with Gasteiger partial charge < -0.3 is 11.5 Å². The number of fused-ring (bicyclic) bond motifs is 1. The fourth-order valence-corrected chi connectivity index (χ4v) is 2.89. The van der Waals surface area contributed by atoms with Gasteiger partial charge >= 0.3 is 0 Å². The van der Waals surface area contributed by atoms with Gasteiger partial charge in [-0.05, 0) is 23.8 Å². The molecule has 0 bridgehead atoms. The molecule has 1 aromatic heterocycles. The van der Waals surface area contributed by atoms with Crippen molar-refractivity contribution in [3.8, 4) is 0 Å². The minimum Gasteiger partial charge on any atom is -0.396 e. The summed E-state index contributed by atoms with van der Waals surface area (Å²) in [4.78, 5) is 4.38. The SMILES string of the molecule is Nc1c(Cc2ccc(S(=O)(=O)O)cc2)nc2ccccc2c1N. The standard InChI is InChI=1S/C16H15N3O3S/c17-15-12-3-1-2-4-13(12)19-14(16(15)18)9-10-5-7-11(8-6-10)23(20,21)22/h1-8H,9,18H2,(H2,17,19)(H,20,21,22). The van der Waals surface area contributed by atoms with E-state index in [-0.39, 0.29) is 4.90 Å². The van der Waals surface area contributed by atoms with Crippen LogP contribution in [0.2, 0.25) is 0 Å². The number of pyridine rings is 1. The first-order valence-corrected chi connectivity index (χ1v) is 8.29. The van der Waals surface area contributed by atoms with Crippen LogP contribution >= 0.6 is 0 Å². The lowest BCUT2D eigenvalue weighted by Gasteiger charge is -2.11. The van der Waals surface area contributed by atoms with Crippen molar-refractivity contribution in [1.29, 1.82) is 0 Å². The Labute approximate surface area is 133 Å². The Balaban J connectivity index is 2.00. The summed E-state index contributed by atoms with van der Waals surface area (Å²) < 4.78 is 31.1. The van der Waals surface area contributed by atoms with Crippen molar-refractivity contribution in [2.45, 2.75) is 11.3 Å². The van der Waals surface area contributed by atoms with Gasteiger partial charge in [0.25, 0.3) is 10.1 Å². The van der Waals surface area contributed by atoms with Gasteiger partial charge in [-0.2, -0.15) is 8.42 Å². The van der Waals surface area contributed by atoms with Gasteiger partial charge in [0.2, 0.25) is 0 Å². The fraction of sp³-hybridized carbons (Fsp3) is 0.0625. The molecule has 0 fully saturated rings. The monoisotopic (exact) mass is 329 g/mol. The molecule has 0 atom stereocenters. The van der Waals surface area contributed by atoms with Crippen LogP contribution in [0.25, 0.3) is 10.9 Å². The average molecular weight is 329 g/mol. The van der Waals surface area contributed by atoms with Crippen molar-refractivity contribution >= 4 is 32.4 Å². The van der Waals surface area contributed by atoms with E-state index in [1.165, 1.54) is 12.1 Å². The van der Waals surface area contributed by atoms with E-state index in [2.05, 4.69) is 4.98 Å². The third-order valence-electron chi connectivity index (χ3n) is 3.64. The number of hydrogen-bond acceptors (Lipinski definition) is 5. The van der Waals surface area contributed by atoms with Crippen LogP contribution in [0.3, 0.4) is 0 Å². The zero-order valence-electron chi connectivity index (χ0n) is 12.1. The number of hydrogen-bond donors (Lipinski definition) is 3. The normalized spacial score (nSPS) is 11.7. The number of nitrogens with zero attached hydrogens (tertiary/aromatic N) is 1. The van der Waals surface area contributed by atoms with Crippen LogP contribution in [0, 0.1) is 0 Å². The lowest BCUT2D eigenvalue weighted by Crippen LogP contribution is -2.05. The Kier molecular flexibility index (Phi) is 3.67. The zero-order chi connectivity index (χ0) is 16.6. The van der Waals surface area contributed by atoms with Gasteiger partial charge in [0, 0.05) is 11.8 Å². The van der Waals surface area contributed by atoms with Gasteiger partial charge in [-0.3, -0.25) is 9.54 Å². The van der Waals surface area contributed by atoms with Crippen molar-refractivity contribution in [1.82, 2.24) is 4.98 Å². The van der Waals surface area contributed by atoms with Crippen molar-refractivity contribution < 1.29 is 13.0 Å². The molecule has 5 N–H and O–H groups in total. The third kappa shape index (κ3) is 2.96. The van der Waals surface area contributed by atoms with Crippen LogP contribution in [0.5, 0.6) is 0 Å². The first kappa shape index (κ1) is 15.3. The van der Waals surface area contributed by atoms with Gasteiger partial charge in [0.15, 0.2) is 0 Å². The summed E-state index contributed by atoms with van der Waals surface area (Å²) in [7, 11) is -4.20. The zero-order valence-corrected chi connectivity index (χ0v) is 12.9. The van der Waals surface area contributed by atoms with Crippen LogP contribution in [0.4, 0.5) is 11.4 Å². The van der Waals surface area contributed by atoms with E-state index in [1.807, 2.05) is 24.3 Å². The van der Waals surface area contributed by atoms with Crippen molar-refractivity contribution in [2.75, 3.05) is 11.5 Å². The molecule has 0 amide bonds. The Morgan fingerprint density at radius 1 is 0.957 bits per heavy atom. The third-order valence-corrected chi connectivity index (χ3v) is 4.51. The Bertz CT molecular complexity index is 983. The first-order chi connectivity index (χ1) is 10.9. The molecule has 3 rings (SSSR count). The molecule has 23 heavy (non-hydrogen) atoms. The maximum atomic E-state index is 11.1. The number of anilines is 2. The summed E-state index contributed by atoms with van der Waals surface area (Å²) in [5.41, 5.74) is 15.2. The van der Waals surface area contributed by atoms with E-state index < -0.39 is 10.1 Å². The maximum Gasteiger partial charge on any atom is 0.294 e. The largest absolute Gasteiger partial charge is 0.396 e. The quantitative estimate of drug-likeness (QED) is 0.634. The molecule has 7 heteroatoms. The Hall–Kier alpha value is -2.64. The van der Waals surface area contributed by atoms with Crippen molar-refractivity contribution in [3.05, 3.63) is 59.8 Å². The maximum absolute atomic E-state index is 11.1. The van der Waals surface area contributed by atoms with Crippen LogP contribution in [-0.4, -0.2) is 18.0 Å². The molecule has 0 saturated carbocycles. The van der Waals surface area contributed by atoms with Gasteiger partial charge in [-0.15, -0.1) is 0 Å². The molecule has 2 aromatic carbocycles. The van der Waals surface area contributed by atoms with E-state index in [9.17, 15) is 8.42 Å². The second-order valence-electron chi connectivity index (χ2n) is 5.20. The second-order valence-corrected chi connectivity index (χ2v) is 6.62. The number of aromatic nitrogens is 1. The van der Waals surface area contributed by atoms with Gasteiger partial charge in [0.1, 0.15) is 0 Å². The van der Waals surface area contributed by atoms with Crippen molar-refractivity contribution in [2.24, 2.45) is 0 Å². The summed E-state index contributed by atoms with van der Waals surface area (Å²) in [6, 6.07) is 13.3. The van der Waals surface area contributed by atoms with Crippen LogP contribution < -0.4 is 11.5 Å². The molecule has 0 unspecified atom stereocenters. The van der Waals surface area contributed by atoms with Crippen LogP contribution in [0.15, 0.2) is 53.4 Å². The van der Waals surface area contributed by atoms with Gasteiger partial charge in [-0.1, -0.05) is 30.3 Å². The molecule has 0 aliphatic heterocycles. The average Bonchev–Trinajstić information content (AvgIpc) is 2.52. The molecule has 0 spiro atoms. The molecule has 0 radical (unpaired) electrons. The predicted molar refractivity (Wildman–Crippen MR) is 89.6 cm³/mol. The highest BCUT2D eigenvalue weighted by molar-refractivity contribution is 7.85. The number of benzene rings is 2. The molecule has 1 heterocycles. The van der Waals surface area contributed by atoms with E-state index >= 15 is 0 Å². The van der Waals surface area contributed by atoms with E-state index in [1.54, 1.807) is 12.1 Å². The minimum absolute atomic E-state index is 0.153. The highest BCUT2D eigenvalue weighted by atomic mass is 32.2. The number of nitrogens with two attached hydrogens (primary N) is 2. The summed E-state index contributed by atoms with van der Waals surface area (Å²) in [5.74, 6) is 0. The topological polar surface area (TPSA) is 119 Å². The molecule has 0 aliphatic carbocycles. The summed E-state index contributed by atoms with van der Waals surface area (Å²) in [5, 5.41) is 0.801. The Morgan fingerprint density at radius 3 is 2.26 bits per heavy atom. The van der Waals surface area contributed by atoms with E-state index in [4.69, 9.17) is 16.0 Å². The smallest absolute Gasteiger partial charge is 0.294 e. The molecule has 6 nitrogen and oxygen atoms in total. The van der Waals surface area contributed by atoms with Crippen LogP contribution in [0.1, 0.15) is 11.3 Å². The van der Waals surface area contributed by atoms with Gasteiger partial charge in [-0.25, -0.2) is 0 Å². The molecule has 3 aromatic rings. The second kappa shape index (κ2) is 5.53. The molecular formula is C16H15N3O3S. The highest BCUT2D eigenvalue weighted by Crippen LogP contribution is 2.29. The number of nitrogen functional groups attached to an aromatic ring is 2. The molecule has 0 aliphatic rings. The number of rotatable bonds is 3. The summed E-state index contributed by atoms with van der Waals surface area (Å²) in [6.45, 7) is 0. The summed E-state index contributed by atoms with van der Waals surface area (Å²) >= 11 is 0. The lowest BCUT2D eigenvalue weighted by atomic mass is 10.1. The van der Waals surface area contributed by atoms with Crippen molar-refractivity contribution in [3.63, 3.8) is 0 Å². The Morgan fingerprint density at radius 2 is 1.61 bits per heavy atom. The van der Waals surface area contributed by atoms with Gasteiger partial charge in [0.05, 0.1) is 27.5 Å².